The van der Waals surface area contributed by atoms with Crippen molar-refractivity contribution >= 4 is 35.1 Å². The number of hydrogen-bond donors (Lipinski definition) is 2. The molecule has 8 heteroatoms. The molecule has 1 aliphatic heterocycles. The average molecular weight is 406 g/mol. The smallest absolute Gasteiger partial charge is 0.308 e. The van der Waals surface area contributed by atoms with E-state index in [0.29, 0.717) is 19.5 Å². The first-order valence-corrected chi connectivity index (χ1v) is 9.99. The third-order valence-corrected chi connectivity index (χ3v) is 4.78. The Morgan fingerprint density at radius 1 is 1.29 bits per heavy atom. The molecule has 1 fully saturated rings. The number of rotatable bonds is 8. The van der Waals surface area contributed by atoms with Gasteiger partial charge in [-0.3, -0.25) is 14.4 Å². The van der Waals surface area contributed by atoms with Gasteiger partial charge in [0.25, 0.3) is 0 Å². The van der Waals surface area contributed by atoms with Crippen molar-refractivity contribution < 1.29 is 19.1 Å². The van der Waals surface area contributed by atoms with Crippen LogP contribution in [0.15, 0.2) is 30.3 Å². The van der Waals surface area contributed by atoms with Gasteiger partial charge in [0.2, 0.25) is 11.8 Å². The Balaban J connectivity index is 1.89. The van der Waals surface area contributed by atoms with Gasteiger partial charge in [0.05, 0.1) is 6.42 Å². The molecule has 1 atom stereocenters. The third-order valence-electron chi connectivity index (χ3n) is 4.45. The second-order valence-corrected chi connectivity index (χ2v) is 7.05. The highest BCUT2D eigenvalue weighted by atomic mass is 32.1. The van der Waals surface area contributed by atoms with Gasteiger partial charge in [0.1, 0.15) is 12.6 Å². The highest BCUT2D eigenvalue weighted by Gasteiger charge is 2.34. The highest BCUT2D eigenvalue weighted by molar-refractivity contribution is 7.80. The molecule has 1 aromatic carbocycles. The Bertz CT molecular complexity index is 696. The Morgan fingerprint density at radius 2 is 2.04 bits per heavy atom. The topological polar surface area (TPSA) is 87.7 Å². The van der Waals surface area contributed by atoms with Crippen molar-refractivity contribution in [3.8, 4) is 0 Å². The van der Waals surface area contributed by atoms with Gasteiger partial charge in [-0.1, -0.05) is 50.1 Å². The Kier molecular flexibility index (Phi) is 8.87. The summed E-state index contributed by atoms with van der Waals surface area (Å²) >= 11 is 5.31. The van der Waals surface area contributed by atoms with Crippen LogP contribution in [0.3, 0.4) is 0 Å². The zero-order valence-corrected chi connectivity index (χ0v) is 16.9. The number of amides is 2. The lowest BCUT2D eigenvalue weighted by Gasteiger charge is -2.36. The molecule has 1 aromatic rings. The van der Waals surface area contributed by atoms with Gasteiger partial charge in [-0.25, -0.2) is 0 Å². The van der Waals surface area contributed by atoms with Crippen LogP contribution in [0.1, 0.15) is 44.6 Å². The number of esters is 1. The van der Waals surface area contributed by atoms with Crippen LogP contribution < -0.4 is 10.6 Å². The molecule has 2 amide bonds. The van der Waals surface area contributed by atoms with Gasteiger partial charge in [-0.15, -0.1) is 0 Å². The molecule has 28 heavy (non-hydrogen) atoms. The zero-order valence-electron chi connectivity index (χ0n) is 16.1. The normalized spacial score (nSPS) is 16.2. The van der Waals surface area contributed by atoms with Gasteiger partial charge in [-0.2, -0.15) is 0 Å². The molecule has 1 unspecified atom stereocenters. The van der Waals surface area contributed by atoms with Crippen LogP contribution in [0.2, 0.25) is 0 Å². The molecule has 1 aliphatic rings. The number of nitrogens with zero attached hydrogens (tertiary/aromatic N) is 1. The summed E-state index contributed by atoms with van der Waals surface area (Å²) in [6.45, 7) is 3.04. The molecule has 0 bridgehead atoms. The molecule has 7 nitrogen and oxygen atoms in total. The minimum absolute atomic E-state index is 0.134. The van der Waals surface area contributed by atoms with E-state index in [9.17, 15) is 14.4 Å². The lowest BCUT2D eigenvalue weighted by atomic mass is 10.1. The highest BCUT2D eigenvalue weighted by Crippen LogP contribution is 2.12. The van der Waals surface area contributed by atoms with E-state index in [4.69, 9.17) is 17.0 Å². The summed E-state index contributed by atoms with van der Waals surface area (Å²) in [5.74, 6) is -0.965. The molecule has 0 aromatic heterocycles. The minimum atomic E-state index is -0.791. The van der Waals surface area contributed by atoms with E-state index in [0.717, 1.165) is 24.8 Å². The standard InChI is InChI=1S/C20H27N3O4S/c1-2-3-5-10-17(24)22-20(28)23-12-11-21-19(26)16(23)13-18(25)27-14-15-8-6-4-7-9-15/h4,6-9,16H,2-3,5,10-14H2,1H3,(H,21,26)(H,22,24,28). The first-order valence-electron chi connectivity index (χ1n) is 9.59. The summed E-state index contributed by atoms with van der Waals surface area (Å²) in [4.78, 5) is 38.1. The fourth-order valence-corrected chi connectivity index (χ4v) is 3.24. The molecular formula is C20H27N3O4S. The van der Waals surface area contributed by atoms with E-state index >= 15 is 0 Å². The number of piperazine rings is 1. The van der Waals surface area contributed by atoms with Crippen LogP contribution in [0.25, 0.3) is 0 Å². The van der Waals surface area contributed by atoms with Crippen LogP contribution in [-0.4, -0.2) is 46.9 Å². The van der Waals surface area contributed by atoms with E-state index < -0.39 is 12.0 Å². The van der Waals surface area contributed by atoms with Crippen molar-refractivity contribution in [3.63, 3.8) is 0 Å². The monoisotopic (exact) mass is 405 g/mol. The fourth-order valence-electron chi connectivity index (χ4n) is 2.90. The summed E-state index contributed by atoms with van der Waals surface area (Å²) in [6, 6.07) is 8.53. The van der Waals surface area contributed by atoms with Crippen molar-refractivity contribution in [3.05, 3.63) is 35.9 Å². The Hall–Kier alpha value is -2.48. The Labute approximate surface area is 170 Å². The van der Waals surface area contributed by atoms with Gasteiger partial charge in [0, 0.05) is 19.5 Å². The van der Waals surface area contributed by atoms with Crippen LogP contribution in [0.4, 0.5) is 0 Å². The first kappa shape index (κ1) is 21.8. The van der Waals surface area contributed by atoms with Crippen LogP contribution in [-0.2, 0) is 25.7 Å². The lowest BCUT2D eigenvalue weighted by Crippen LogP contribution is -2.60. The second kappa shape index (κ2) is 11.4. The van der Waals surface area contributed by atoms with Crippen molar-refractivity contribution in [2.75, 3.05) is 13.1 Å². The van der Waals surface area contributed by atoms with E-state index in [-0.39, 0.29) is 30.0 Å². The van der Waals surface area contributed by atoms with E-state index in [1.807, 2.05) is 30.3 Å². The van der Waals surface area contributed by atoms with Gasteiger partial charge in [0.15, 0.2) is 5.11 Å². The van der Waals surface area contributed by atoms with Crippen molar-refractivity contribution in [2.24, 2.45) is 0 Å². The molecule has 0 radical (unpaired) electrons. The summed E-state index contributed by atoms with van der Waals surface area (Å²) in [5.41, 5.74) is 0.871. The number of nitrogens with one attached hydrogen (secondary N) is 2. The SMILES string of the molecule is CCCCCC(=O)NC(=S)N1CCNC(=O)C1CC(=O)OCc1ccccc1. The van der Waals surface area contributed by atoms with E-state index in [2.05, 4.69) is 17.6 Å². The number of thiocarbonyl (C=S) groups is 1. The summed E-state index contributed by atoms with van der Waals surface area (Å²) < 4.78 is 5.28. The average Bonchev–Trinajstić information content (AvgIpc) is 2.69. The van der Waals surface area contributed by atoms with E-state index in [1.165, 1.54) is 0 Å². The molecule has 2 rings (SSSR count). The predicted molar refractivity (Wildman–Crippen MR) is 109 cm³/mol. The molecule has 1 saturated heterocycles. The Morgan fingerprint density at radius 3 is 2.75 bits per heavy atom. The number of carbonyl (C=O) groups is 3. The van der Waals surface area contributed by atoms with Gasteiger partial charge in [-0.05, 0) is 24.2 Å². The van der Waals surface area contributed by atoms with Gasteiger partial charge >= 0.3 is 5.97 Å². The maximum absolute atomic E-state index is 12.3. The molecule has 0 aliphatic carbocycles. The minimum Gasteiger partial charge on any atom is -0.461 e. The number of carbonyl (C=O) groups excluding carboxylic acids is 3. The molecule has 2 N–H and O–H groups in total. The summed E-state index contributed by atoms with van der Waals surface area (Å²) in [6.07, 6.45) is 3.04. The number of benzene rings is 1. The van der Waals surface area contributed by atoms with Crippen molar-refractivity contribution in [1.29, 1.82) is 0 Å². The second-order valence-electron chi connectivity index (χ2n) is 6.66. The third kappa shape index (κ3) is 6.92. The van der Waals surface area contributed by atoms with Crippen LogP contribution >= 0.6 is 12.2 Å². The fraction of sp³-hybridized carbons (Fsp3) is 0.500. The summed E-state index contributed by atoms with van der Waals surface area (Å²) in [5, 5.41) is 5.59. The quantitative estimate of drug-likeness (QED) is 0.390. The maximum atomic E-state index is 12.3. The zero-order chi connectivity index (χ0) is 20.4. The van der Waals surface area contributed by atoms with Crippen molar-refractivity contribution in [1.82, 2.24) is 15.5 Å². The molecule has 152 valence electrons. The first-order chi connectivity index (χ1) is 13.5. The molecule has 0 saturated carbocycles. The molecular weight excluding hydrogens is 378 g/mol. The van der Waals surface area contributed by atoms with Crippen LogP contribution in [0.5, 0.6) is 0 Å². The summed E-state index contributed by atoms with van der Waals surface area (Å²) in [7, 11) is 0. The lowest BCUT2D eigenvalue weighted by molar-refractivity contribution is -0.148. The van der Waals surface area contributed by atoms with Gasteiger partial charge < -0.3 is 20.3 Å². The number of ether oxygens (including phenoxy) is 1. The predicted octanol–water partition coefficient (Wildman–Crippen LogP) is 1.90. The van der Waals surface area contributed by atoms with Crippen molar-refractivity contribution in [2.45, 2.75) is 51.7 Å². The maximum Gasteiger partial charge on any atom is 0.308 e. The van der Waals surface area contributed by atoms with Crippen LogP contribution in [0, 0.1) is 0 Å². The largest absolute Gasteiger partial charge is 0.461 e. The number of hydrogen-bond acceptors (Lipinski definition) is 5. The molecule has 0 spiro atoms. The van der Waals surface area contributed by atoms with E-state index in [1.54, 1.807) is 4.90 Å². The molecule has 1 heterocycles. The number of unbranched alkanes of at least 4 members (excludes halogenated alkanes) is 2.